The molecule has 1 nitrogen and oxygen atoms in total. The first-order valence-corrected chi connectivity index (χ1v) is 24.6. The van der Waals surface area contributed by atoms with E-state index in [4.69, 9.17) is 0 Å². The molecule has 2 heteroatoms. The Kier molecular flexibility index (Phi) is 10.00. The average molecular weight is 896 g/mol. The molecule has 0 aliphatic heterocycles. The highest BCUT2D eigenvalue weighted by molar-refractivity contribution is 7.25. The largest absolute Gasteiger partial charge is 0.309 e. The summed E-state index contributed by atoms with van der Waals surface area (Å²) in [6.45, 7) is 0. The number of anilines is 3. The van der Waals surface area contributed by atoms with Gasteiger partial charge in [0, 0.05) is 37.0 Å². The number of thiophene rings is 1. The van der Waals surface area contributed by atoms with E-state index in [0.717, 1.165) is 17.1 Å². The van der Waals surface area contributed by atoms with Crippen LogP contribution in [0.1, 0.15) is 22.3 Å². The van der Waals surface area contributed by atoms with Crippen LogP contribution in [-0.4, -0.2) is 0 Å². The lowest BCUT2D eigenvalue weighted by molar-refractivity contribution is 0.768. The van der Waals surface area contributed by atoms with E-state index in [1.807, 2.05) is 11.3 Å². The van der Waals surface area contributed by atoms with Gasteiger partial charge in [0.15, 0.2) is 0 Å². The Balaban J connectivity index is 1.10. The lowest BCUT2D eigenvalue weighted by Crippen LogP contribution is -2.28. The second kappa shape index (κ2) is 16.9. The summed E-state index contributed by atoms with van der Waals surface area (Å²) in [5.74, 6) is 0. The van der Waals surface area contributed by atoms with Gasteiger partial charge in [-0.25, -0.2) is 0 Å². The molecule has 1 aromatic heterocycles. The molecule has 69 heavy (non-hydrogen) atoms. The van der Waals surface area contributed by atoms with Gasteiger partial charge in [0.2, 0.25) is 0 Å². The lowest BCUT2D eigenvalue weighted by atomic mass is 9.68. The molecule has 0 saturated heterocycles. The Hall–Kier alpha value is -8.56. The van der Waals surface area contributed by atoms with Gasteiger partial charge >= 0.3 is 0 Å². The molecule has 0 radical (unpaired) electrons. The van der Waals surface area contributed by atoms with Crippen LogP contribution < -0.4 is 4.90 Å². The average Bonchev–Trinajstić information content (AvgIpc) is 3.96. The number of fused-ring (bicyclic) bond motifs is 6. The second-order valence-electron chi connectivity index (χ2n) is 17.9. The van der Waals surface area contributed by atoms with Crippen LogP contribution in [0.25, 0.3) is 75.8 Å². The highest BCUT2D eigenvalue weighted by Crippen LogP contribution is 2.60. The third-order valence-electron chi connectivity index (χ3n) is 14.2. The Morgan fingerprint density at radius 1 is 0.290 bits per heavy atom. The molecule has 0 fully saturated rings. The number of benzene rings is 11. The monoisotopic (exact) mass is 895 g/mol. The highest BCUT2D eigenvalue weighted by atomic mass is 32.1. The lowest BCUT2D eigenvalue weighted by Gasteiger charge is -2.35. The van der Waals surface area contributed by atoms with Crippen LogP contribution >= 0.6 is 11.3 Å². The minimum atomic E-state index is -0.556. The van der Waals surface area contributed by atoms with E-state index in [0.29, 0.717) is 0 Å². The van der Waals surface area contributed by atoms with Crippen molar-refractivity contribution >= 4 is 48.6 Å². The molecule has 324 valence electrons. The zero-order chi connectivity index (χ0) is 45.7. The van der Waals surface area contributed by atoms with E-state index in [1.54, 1.807) is 0 Å². The van der Waals surface area contributed by atoms with Crippen molar-refractivity contribution in [2.75, 3.05) is 4.90 Å². The Bertz CT molecular complexity index is 3780. The van der Waals surface area contributed by atoms with Crippen molar-refractivity contribution in [1.82, 2.24) is 0 Å². The van der Waals surface area contributed by atoms with Crippen molar-refractivity contribution < 1.29 is 0 Å². The Morgan fingerprint density at radius 3 is 1.48 bits per heavy atom. The molecule has 0 unspecified atom stereocenters. The number of hydrogen-bond donors (Lipinski definition) is 0. The normalized spacial score (nSPS) is 12.5. The van der Waals surface area contributed by atoms with E-state index < -0.39 is 5.41 Å². The fraction of sp³-hybridized carbons (Fsp3) is 0.0149. The molecule has 0 N–H and O–H groups in total. The summed E-state index contributed by atoms with van der Waals surface area (Å²) in [4.78, 5) is 2.55. The molecule has 0 amide bonds. The minimum Gasteiger partial charge on any atom is -0.309 e. The van der Waals surface area contributed by atoms with Gasteiger partial charge < -0.3 is 4.90 Å². The third kappa shape index (κ3) is 6.67. The molecule has 0 bridgehead atoms. The SMILES string of the molecule is c1ccc(-c2ccccc2-c2c(-c3ccccc3)cccc2N(c2ccc(-c3ccc4c(c3)sc3ccccc34)cc2)c2cccc3c2-c2ccccc2C3(c2ccccc2)c2ccccc2)cc1. The minimum absolute atomic E-state index is 0.556. The van der Waals surface area contributed by atoms with Crippen molar-refractivity contribution in [3.05, 3.63) is 295 Å². The van der Waals surface area contributed by atoms with Crippen LogP contribution in [0.2, 0.25) is 0 Å². The van der Waals surface area contributed by atoms with Crippen molar-refractivity contribution in [2.45, 2.75) is 5.41 Å². The van der Waals surface area contributed by atoms with Gasteiger partial charge in [-0.3, -0.25) is 0 Å². The standard InChI is InChI=1S/C67H45NS/c1-5-21-47(22-6-1)53-29-13-14-31-57(53)65-54(48-23-7-2-8-24-48)33-19-36-61(65)68(52-42-39-46(40-43-52)49-41-44-56-55-30-16-18-38-63(55)69-64(56)45-49)62-37-20-35-60-66(62)58-32-15-17-34-59(58)67(60,50-25-9-3-10-26-50)51-27-11-4-12-28-51/h1-45H. The maximum absolute atomic E-state index is 2.55. The summed E-state index contributed by atoms with van der Waals surface area (Å²) in [5, 5.41) is 2.63. The van der Waals surface area contributed by atoms with Crippen molar-refractivity contribution in [3.63, 3.8) is 0 Å². The number of hydrogen-bond acceptors (Lipinski definition) is 2. The molecule has 1 aliphatic rings. The summed E-state index contributed by atoms with van der Waals surface area (Å²) in [7, 11) is 0. The van der Waals surface area contributed by atoms with Gasteiger partial charge in [-0.2, -0.15) is 0 Å². The highest BCUT2D eigenvalue weighted by Gasteiger charge is 2.47. The van der Waals surface area contributed by atoms with Crippen molar-refractivity contribution in [2.24, 2.45) is 0 Å². The maximum atomic E-state index is 2.55. The van der Waals surface area contributed by atoms with Crippen LogP contribution in [0.5, 0.6) is 0 Å². The number of rotatable bonds is 9. The molecular weight excluding hydrogens is 851 g/mol. The van der Waals surface area contributed by atoms with E-state index in [2.05, 4.69) is 278 Å². The van der Waals surface area contributed by atoms with Crippen LogP contribution in [0.15, 0.2) is 273 Å². The van der Waals surface area contributed by atoms with Crippen LogP contribution in [0, 0.1) is 0 Å². The molecule has 1 aliphatic carbocycles. The fourth-order valence-electron chi connectivity index (χ4n) is 11.2. The zero-order valence-electron chi connectivity index (χ0n) is 37.8. The van der Waals surface area contributed by atoms with E-state index >= 15 is 0 Å². The molecule has 11 aromatic carbocycles. The number of nitrogens with zero attached hydrogens (tertiary/aromatic N) is 1. The molecule has 0 spiro atoms. The first kappa shape index (κ1) is 40.7. The molecule has 0 atom stereocenters. The molecular formula is C67H45NS. The predicted octanol–water partition coefficient (Wildman–Crippen LogP) is 18.6. The zero-order valence-corrected chi connectivity index (χ0v) is 38.7. The van der Waals surface area contributed by atoms with Gasteiger partial charge in [0.1, 0.15) is 0 Å². The summed E-state index contributed by atoms with van der Waals surface area (Å²) in [6, 6.07) is 101. The van der Waals surface area contributed by atoms with Gasteiger partial charge in [0.05, 0.1) is 16.8 Å². The molecule has 1 heterocycles. The summed E-state index contributed by atoms with van der Waals surface area (Å²) in [5.41, 5.74) is 19.7. The maximum Gasteiger partial charge on any atom is 0.0714 e. The molecule has 0 saturated carbocycles. The fourth-order valence-corrected chi connectivity index (χ4v) is 12.4. The first-order chi connectivity index (χ1) is 34.3. The van der Waals surface area contributed by atoms with Gasteiger partial charge in [-0.05, 0) is 103 Å². The smallest absolute Gasteiger partial charge is 0.0714 e. The predicted molar refractivity (Wildman–Crippen MR) is 293 cm³/mol. The summed E-state index contributed by atoms with van der Waals surface area (Å²) < 4.78 is 2.62. The Labute approximate surface area is 407 Å². The van der Waals surface area contributed by atoms with E-state index in [9.17, 15) is 0 Å². The van der Waals surface area contributed by atoms with Crippen LogP contribution in [0.3, 0.4) is 0 Å². The quantitative estimate of drug-likeness (QED) is 0.140. The van der Waals surface area contributed by atoms with Crippen molar-refractivity contribution in [1.29, 1.82) is 0 Å². The summed E-state index contributed by atoms with van der Waals surface area (Å²) >= 11 is 1.87. The van der Waals surface area contributed by atoms with Gasteiger partial charge in [-0.15, -0.1) is 11.3 Å². The van der Waals surface area contributed by atoms with Crippen molar-refractivity contribution in [3.8, 4) is 55.6 Å². The van der Waals surface area contributed by atoms with Gasteiger partial charge in [-0.1, -0.05) is 237 Å². The summed E-state index contributed by atoms with van der Waals surface area (Å²) in [6.07, 6.45) is 0. The topological polar surface area (TPSA) is 3.24 Å². The van der Waals surface area contributed by atoms with Gasteiger partial charge in [0.25, 0.3) is 0 Å². The van der Waals surface area contributed by atoms with E-state index in [1.165, 1.54) is 98.1 Å². The van der Waals surface area contributed by atoms with Crippen LogP contribution in [-0.2, 0) is 5.41 Å². The van der Waals surface area contributed by atoms with Crippen LogP contribution in [0.4, 0.5) is 17.1 Å². The molecule has 13 rings (SSSR count). The Morgan fingerprint density at radius 2 is 0.783 bits per heavy atom. The first-order valence-electron chi connectivity index (χ1n) is 23.8. The molecule has 12 aromatic rings. The van der Waals surface area contributed by atoms with E-state index in [-0.39, 0.29) is 0 Å². The third-order valence-corrected chi connectivity index (χ3v) is 15.3. The second-order valence-corrected chi connectivity index (χ2v) is 19.0.